The van der Waals surface area contributed by atoms with Crippen LogP contribution in [0.15, 0.2) is 59.9 Å². The van der Waals surface area contributed by atoms with Crippen molar-refractivity contribution in [2.75, 3.05) is 0 Å². The van der Waals surface area contributed by atoms with Gasteiger partial charge in [0.05, 0.1) is 25.0 Å². The minimum Gasteiger partial charge on any atom is -0.390 e. The van der Waals surface area contributed by atoms with Crippen molar-refractivity contribution in [2.24, 2.45) is 0 Å². The molecule has 2 aromatic carbocycles. The van der Waals surface area contributed by atoms with Gasteiger partial charge in [-0.15, -0.1) is 0 Å². The fourth-order valence-corrected chi connectivity index (χ4v) is 3.51. The van der Waals surface area contributed by atoms with Crippen LogP contribution in [-0.4, -0.2) is 14.7 Å². The van der Waals surface area contributed by atoms with Crippen LogP contribution in [0.5, 0.6) is 0 Å². The van der Waals surface area contributed by atoms with E-state index < -0.39 is 0 Å². The summed E-state index contributed by atoms with van der Waals surface area (Å²) in [7, 11) is 0. The van der Waals surface area contributed by atoms with E-state index >= 15 is 0 Å². The Labute approximate surface area is 145 Å². The Bertz CT molecular complexity index is 832. The molecule has 24 heavy (non-hydrogen) atoms. The SMILES string of the molecule is Cc1cccc(CSc2ncc(CO)n2Cc2cccc(F)c2)c1. The summed E-state index contributed by atoms with van der Waals surface area (Å²) < 4.78 is 15.3. The number of benzene rings is 2. The van der Waals surface area contributed by atoms with E-state index in [0.29, 0.717) is 6.54 Å². The second-order valence-corrected chi connectivity index (χ2v) is 6.63. The molecule has 0 saturated carbocycles. The number of aliphatic hydroxyl groups excluding tert-OH is 1. The summed E-state index contributed by atoms with van der Waals surface area (Å²) in [6, 6.07) is 14.9. The Kier molecular flexibility index (Phi) is 5.33. The summed E-state index contributed by atoms with van der Waals surface area (Å²) in [6.07, 6.45) is 1.68. The van der Waals surface area contributed by atoms with Gasteiger partial charge < -0.3 is 9.67 Å². The monoisotopic (exact) mass is 342 g/mol. The van der Waals surface area contributed by atoms with Crippen LogP contribution in [0.1, 0.15) is 22.4 Å². The lowest BCUT2D eigenvalue weighted by Crippen LogP contribution is -2.06. The van der Waals surface area contributed by atoms with Gasteiger partial charge in [-0.05, 0) is 30.2 Å². The maximum Gasteiger partial charge on any atom is 0.168 e. The van der Waals surface area contributed by atoms with Gasteiger partial charge in [0.1, 0.15) is 5.82 Å². The molecule has 0 bridgehead atoms. The molecule has 0 aliphatic heterocycles. The Morgan fingerprint density at radius 2 is 1.92 bits per heavy atom. The number of imidazole rings is 1. The molecule has 0 radical (unpaired) electrons. The summed E-state index contributed by atoms with van der Waals surface area (Å²) in [5, 5.41) is 10.4. The van der Waals surface area contributed by atoms with Crippen molar-refractivity contribution in [3.63, 3.8) is 0 Å². The largest absolute Gasteiger partial charge is 0.390 e. The van der Waals surface area contributed by atoms with Crippen molar-refractivity contribution in [1.29, 1.82) is 0 Å². The van der Waals surface area contributed by atoms with Crippen molar-refractivity contribution < 1.29 is 9.50 Å². The maximum atomic E-state index is 13.4. The number of aromatic nitrogens is 2. The highest BCUT2D eigenvalue weighted by atomic mass is 32.2. The number of aryl methyl sites for hydroxylation is 1. The van der Waals surface area contributed by atoms with Crippen LogP contribution >= 0.6 is 11.8 Å². The van der Waals surface area contributed by atoms with Gasteiger partial charge in [0, 0.05) is 5.75 Å². The predicted octanol–water partition coefficient (Wildman–Crippen LogP) is 4.16. The van der Waals surface area contributed by atoms with E-state index in [-0.39, 0.29) is 12.4 Å². The fourth-order valence-electron chi connectivity index (χ4n) is 2.57. The van der Waals surface area contributed by atoms with Crippen molar-refractivity contribution in [2.45, 2.75) is 31.0 Å². The van der Waals surface area contributed by atoms with E-state index in [1.54, 1.807) is 24.0 Å². The number of rotatable bonds is 6. The van der Waals surface area contributed by atoms with Gasteiger partial charge in [-0.3, -0.25) is 0 Å². The van der Waals surface area contributed by atoms with Crippen molar-refractivity contribution in [3.8, 4) is 0 Å². The molecule has 3 aromatic rings. The maximum absolute atomic E-state index is 13.4. The zero-order valence-electron chi connectivity index (χ0n) is 13.4. The number of thioether (sulfide) groups is 1. The number of halogens is 1. The van der Waals surface area contributed by atoms with Crippen LogP contribution in [0.25, 0.3) is 0 Å². The quantitative estimate of drug-likeness (QED) is 0.684. The highest BCUT2D eigenvalue weighted by molar-refractivity contribution is 7.98. The summed E-state index contributed by atoms with van der Waals surface area (Å²) in [6.45, 7) is 2.47. The van der Waals surface area contributed by atoms with Crippen LogP contribution < -0.4 is 0 Å². The van der Waals surface area contributed by atoms with Gasteiger partial charge in [0.15, 0.2) is 5.16 Å². The van der Waals surface area contributed by atoms with Gasteiger partial charge in [0.2, 0.25) is 0 Å². The molecule has 0 saturated heterocycles. The summed E-state index contributed by atoms with van der Waals surface area (Å²) >= 11 is 1.62. The van der Waals surface area contributed by atoms with E-state index in [2.05, 4.69) is 30.1 Å². The van der Waals surface area contributed by atoms with Crippen molar-refractivity contribution >= 4 is 11.8 Å². The van der Waals surface area contributed by atoms with Crippen molar-refractivity contribution in [3.05, 3.63) is 82.9 Å². The molecular weight excluding hydrogens is 323 g/mol. The Morgan fingerprint density at radius 3 is 2.67 bits per heavy atom. The number of nitrogens with zero attached hydrogens (tertiary/aromatic N) is 2. The molecule has 0 aliphatic rings. The van der Waals surface area contributed by atoms with E-state index in [0.717, 1.165) is 22.2 Å². The third kappa shape index (κ3) is 4.04. The minimum absolute atomic E-state index is 0.0900. The normalized spacial score (nSPS) is 11.0. The number of hydrogen-bond acceptors (Lipinski definition) is 3. The molecule has 0 unspecified atom stereocenters. The summed E-state index contributed by atoms with van der Waals surface area (Å²) in [5.74, 6) is 0.541. The first-order valence-corrected chi connectivity index (χ1v) is 8.72. The number of hydrogen-bond donors (Lipinski definition) is 1. The first kappa shape index (κ1) is 16.7. The third-order valence-corrected chi connectivity index (χ3v) is 4.81. The molecule has 0 atom stereocenters. The summed E-state index contributed by atoms with van der Waals surface area (Å²) in [4.78, 5) is 4.42. The second kappa shape index (κ2) is 7.64. The predicted molar refractivity (Wildman–Crippen MR) is 94.4 cm³/mol. The fraction of sp³-hybridized carbons (Fsp3) is 0.211. The van der Waals surface area contributed by atoms with E-state index in [1.165, 1.54) is 23.3 Å². The first-order chi connectivity index (χ1) is 11.7. The average molecular weight is 342 g/mol. The molecule has 1 N–H and O–H groups in total. The van der Waals surface area contributed by atoms with Crippen LogP contribution in [0.4, 0.5) is 4.39 Å². The van der Waals surface area contributed by atoms with E-state index in [9.17, 15) is 9.50 Å². The van der Waals surface area contributed by atoms with Gasteiger partial charge in [-0.2, -0.15) is 0 Å². The van der Waals surface area contributed by atoms with Gasteiger partial charge in [0.25, 0.3) is 0 Å². The second-order valence-electron chi connectivity index (χ2n) is 5.68. The zero-order valence-corrected chi connectivity index (χ0v) is 14.3. The molecule has 3 nitrogen and oxygen atoms in total. The Morgan fingerprint density at radius 1 is 1.12 bits per heavy atom. The highest BCUT2D eigenvalue weighted by Gasteiger charge is 2.11. The van der Waals surface area contributed by atoms with Crippen LogP contribution in [0.2, 0.25) is 0 Å². The molecule has 0 fully saturated rings. The molecule has 124 valence electrons. The molecule has 0 amide bonds. The summed E-state index contributed by atoms with van der Waals surface area (Å²) in [5.41, 5.74) is 4.03. The molecule has 1 heterocycles. The van der Waals surface area contributed by atoms with Crippen molar-refractivity contribution in [1.82, 2.24) is 9.55 Å². The van der Waals surface area contributed by atoms with E-state index in [1.807, 2.05) is 16.7 Å². The van der Waals surface area contributed by atoms with Gasteiger partial charge in [-0.25, -0.2) is 9.37 Å². The lowest BCUT2D eigenvalue weighted by atomic mass is 10.2. The third-order valence-electron chi connectivity index (χ3n) is 3.74. The zero-order chi connectivity index (χ0) is 16.9. The lowest BCUT2D eigenvalue weighted by Gasteiger charge is -2.11. The highest BCUT2D eigenvalue weighted by Crippen LogP contribution is 2.24. The smallest absolute Gasteiger partial charge is 0.168 e. The van der Waals surface area contributed by atoms with Crippen LogP contribution in [0, 0.1) is 12.7 Å². The lowest BCUT2D eigenvalue weighted by molar-refractivity contribution is 0.270. The van der Waals surface area contributed by atoms with Gasteiger partial charge >= 0.3 is 0 Å². The van der Waals surface area contributed by atoms with Crippen LogP contribution in [0.3, 0.4) is 0 Å². The first-order valence-electron chi connectivity index (χ1n) is 7.74. The molecule has 0 spiro atoms. The molecule has 0 aliphatic carbocycles. The topological polar surface area (TPSA) is 38.1 Å². The van der Waals surface area contributed by atoms with Gasteiger partial charge in [-0.1, -0.05) is 53.7 Å². The minimum atomic E-state index is -0.257. The Hall–Kier alpha value is -2.11. The molecular formula is C19H19FN2OS. The van der Waals surface area contributed by atoms with E-state index in [4.69, 9.17) is 0 Å². The molecule has 5 heteroatoms. The number of aliphatic hydroxyl groups is 1. The molecule has 1 aromatic heterocycles. The van der Waals surface area contributed by atoms with Crippen LogP contribution in [-0.2, 0) is 18.9 Å². The Balaban J connectivity index is 1.79. The molecule has 3 rings (SSSR count). The standard InChI is InChI=1S/C19H19FN2OS/c1-14-4-2-6-16(8-14)13-24-19-21-10-18(12-23)22(19)11-15-5-3-7-17(20)9-15/h2-10,23H,11-13H2,1H3. The average Bonchev–Trinajstić information content (AvgIpc) is 2.95.